The highest BCUT2D eigenvalue weighted by Gasteiger charge is 2.76. The first-order chi connectivity index (χ1) is 15.2. The number of nitrogens with zero attached hydrogens (tertiary/aromatic N) is 2. The molecule has 5 nitrogen and oxygen atoms in total. The van der Waals surface area contributed by atoms with Gasteiger partial charge < -0.3 is 15.2 Å². The summed E-state index contributed by atoms with van der Waals surface area (Å²) in [7, 11) is 0. The first kappa shape index (κ1) is 19.1. The van der Waals surface area contributed by atoms with Crippen molar-refractivity contribution in [1.82, 2.24) is 9.88 Å². The van der Waals surface area contributed by atoms with E-state index in [4.69, 9.17) is 9.84 Å². The van der Waals surface area contributed by atoms with Crippen molar-refractivity contribution in [1.29, 1.82) is 0 Å². The predicted molar refractivity (Wildman–Crippen MR) is 122 cm³/mol. The van der Waals surface area contributed by atoms with Crippen molar-refractivity contribution in [2.45, 2.75) is 50.4 Å². The van der Waals surface area contributed by atoms with E-state index < -0.39 is 0 Å². The number of hydrogen-bond donors (Lipinski definition) is 2. The molecule has 3 fully saturated rings. The Hall–Kier alpha value is -2.63. The third kappa shape index (κ3) is 2.94. The van der Waals surface area contributed by atoms with Crippen LogP contribution in [0.3, 0.4) is 0 Å². The van der Waals surface area contributed by atoms with Gasteiger partial charge in [0.15, 0.2) is 0 Å². The fraction of sp³-hybridized carbons (Fsp3) is 0.423. The van der Waals surface area contributed by atoms with Crippen molar-refractivity contribution in [2.24, 2.45) is 5.92 Å². The maximum absolute atomic E-state index is 9.07. The van der Waals surface area contributed by atoms with Crippen LogP contribution in [0.1, 0.15) is 30.4 Å². The van der Waals surface area contributed by atoms with Crippen LogP contribution in [0, 0.1) is 12.8 Å². The van der Waals surface area contributed by atoms with Gasteiger partial charge in [0, 0.05) is 53.0 Å². The number of piperidine rings is 1. The molecule has 2 aromatic carbocycles. The molecule has 6 rings (SSSR count). The number of hydrogen-bond acceptors (Lipinski definition) is 5. The van der Waals surface area contributed by atoms with E-state index in [2.05, 4.69) is 64.6 Å². The predicted octanol–water partition coefficient (Wildman–Crippen LogP) is 4.13. The summed E-state index contributed by atoms with van der Waals surface area (Å²) < 4.78 is 5.72. The number of benzene rings is 2. The molecule has 2 saturated carbocycles. The number of aliphatic hydroxyl groups excluding tert-OH is 1. The first-order valence-corrected chi connectivity index (χ1v) is 11.4. The van der Waals surface area contributed by atoms with Gasteiger partial charge in [-0.1, -0.05) is 24.3 Å². The standard InChI is InChI=1S/C26H29N3O2/c1-17-5-6-18(13-24(17)31-12-11-30)16-29-25-14-23(21-7-9-26(21,25)29)28-22-4-2-3-19-15-27-10-8-20(19)22/h2-6,8,10,13,15,21,23,25,28,30H,7,9,11-12,14,16H2,1H3. The molecule has 0 amide bonds. The van der Waals surface area contributed by atoms with E-state index in [1.807, 2.05) is 12.4 Å². The number of nitrogens with one attached hydrogen (secondary N) is 1. The van der Waals surface area contributed by atoms with Gasteiger partial charge in [-0.2, -0.15) is 0 Å². The van der Waals surface area contributed by atoms with Gasteiger partial charge in [-0.25, -0.2) is 0 Å². The summed E-state index contributed by atoms with van der Waals surface area (Å²) in [6.45, 7) is 3.44. The Kier molecular flexibility index (Phi) is 4.44. The van der Waals surface area contributed by atoms with E-state index in [0.29, 0.717) is 24.2 Å². The Morgan fingerprint density at radius 2 is 2.19 bits per heavy atom. The van der Waals surface area contributed by atoms with Crippen LogP contribution < -0.4 is 10.1 Å². The van der Waals surface area contributed by atoms with E-state index >= 15 is 0 Å². The lowest BCUT2D eigenvalue weighted by Crippen LogP contribution is -2.45. The van der Waals surface area contributed by atoms with Crippen molar-refractivity contribution in [3.05, 3.63) is 66.0 Å². The lowest BCUT2D eigenvalue weighted by molar-refractivity contribution is 0.145. The Labute approximate surface area is 183 Å². The molecule has 5 heteroatoms. The maximum Gasteiger partial charge on any atom is 0.122 e. The second-order valence-corrected chi connectivity index (χ2v) is 9.34. The van der Waals surface area contributed by atoms with Gasteiger partial charge in [0.1, 0.15) is 12.4 Å². The van der Waals surface area contributed by atoms with Crippen LogP contribution in [-0.2, 0) is 6.54 Å². The summed E-state index contributed by atoms with van der Waals surface area (Å²) in [6, 6.07) is 16.3. The Morgan fingerprint density at radius 3 is 3.00 bits per heavy atom. The van der Waals surface area contributed by atoms with E-state index in [1.54, 1.807) is 0 Å². The molecular weight excluding hydrogens is 386 g/mol. The molecule has 0 radical (unpaired) electrons. The topological polar surface area (TPSA) is 57.4 Å². The molecule has 5 atom stereocenters. The van der Waals surface area contributed by atoms with Crippen LogP contribution in [0.15, 0.2) is 54.9 Å². The molecule has 0 bridgehead atoms. The average Bonchev–Trinajstić information content (AvgIpc) is 3.35. The first-order valence-electron chi connectivity index (χ1n) is 11.4. The maximum atomic E-state index is 9.07. The molecule has 1 spiro atoms. The number of anilines is 1. The molecule has 1 aromatic heterocycles. The van der Waals surface area contributed by atoms with Crippen molar-refractivity contribution in [3.63, 3.8) is 0 Å². The number of fused-ring (bicyclic) bond motifs is 1. The minimum absolute atomic E-state index is 0.0459. The molecule has 2 aliphatic carbocycles. The molecular formula is C26H29N3O2. The van der Waals surface area contributed by atoms with Gasteiger partial charge in [-0.3, -0.25) is 9.88 Å². The van der Waals surface area contributed by atoms with Gasteiger partial charge >= 0.3 is 0 Å². The minimum atomic E-state index is 0.0459. The monoisotopic (exact) mass is 415 g/mol. The van der Waals surface area contributed by atoms with Crippen LogP contribution in [-0.4, -0.2) is 45.8 Å². The van der Waals surface area contributed by atoms with E-state index in [0.717, 1.165) is 23.8 Å². The van der Waals surface area contributed by atoms with Crippen LogP contribution in [0.2, 0.25) is 0 Å². The third-order valence-corrected chi connectivity index (χ3v) is 7.86. The van der Waals surface area contributed by atoms with Crippen molar-refractivity contribution >= 4 is 16.5 Å². The molecule has 1 saturated heterocycles. The smallest absolute Gasteiger partial charge is 0.122 e. The van der Waals surface area contributed by atoms with Gasteiger partial charge in [-0.15, -0.1) is 0 Å². The second-order valence-electron chi connectivity index (χ2n) is 9.34. The lowest BCUT2D eigenvalue weighted by atomic mass is 9.72. The number of likely N-dealkylation sites (tertiary alicyclic amines) is 1. The zero-order valence-corrected chi connectivity index (χ0v) is 17.9. The fourth-order valence-corrected chi connectivity index (χ4v) is 6.25. The van der Waals surface area contributed by atoms with Gasteiger partial charge in [-0.05, 0) is 61.4 Å². The SMILES string of the molecule is Cc1ccc(CN2C3CC(Nc4cccc5cnccc45)C4CCC432)cc1OCCO. The second kappa shape index (κ2) is 7.21. The lowest BCUT2D eigenvalue weighted by Gasteiger charge is -2.41. The minimum Gasteiger partial charge on any atom is -0.491 e. The Balaban J connectivity index is 1.16. The summed E-state index contributed by atoms with van der Waals surface area (Å²) in [6.07, 6.45) is 7.67. The van der Waals surface area contributed by atoms with Crippen molar-refractivity contribution in [2.75, 3.05) is 18.5 Å². The number of aryl methyl sites for hydroxylation is 1. The molecule has 160 valence electrons. The zero-order chi connectivity index (χ0) is 21.0. The molecule has 2 heterocycles. The van der Waals surface area contributed by atoms with E-state index in [1.165, 1.54) is 41.3 Å². The fourth-order valence-electron chi connectivity index (χ4n) is 6.25. The highest BCUT2D eigenvalue weighted by atomic mass is 16.5. The molecule has 3 aliphatic rings. The zero-order valence-electron chi connectivity index (χ0n) is 17.9. The van der Waals surface area contributed by atoms with Gasteiger partial charge in [0.25, 0.3) is 0 Å². The Morgan fingerprint density at radius 1 is 1.26 bits per heavy atom. The third-order valence-electron chi connectivity index (χ3n) is 7.86. The molecule has 3 aromatic rings. The molecule has 1 aliphatic heterocycles. The largest absolute Gasteiger partial charge is 0.491 e. The quantitative estimate of drug-likeness (QED) is 0.568. The van der Waals surface area contributed by atoms with Gasteiger partial charge in [0.05, 0.1) is 6.61 Å². The number of ether oxygens (including phenoxy) is 1. The highest BCUT2D eigenvalue weighted by Crippen LogP contribution is 2.67. The normalized spacial score (nSPS) is 30.4. The number of aromatic nitrogens is 1. The van der Waals surface area contributed by atoms with Crippen LogP contribution in [0.25, 0.3) is 10.8 Å². The van der Waals surface area contributed by atoms with Gasteiger partial charge in [0.2, 0.25) is 0 Å². The summed E-state index contributed by atoms with van der Waals surface area (Å²) in [4.78, 5) is 6.98. The highest BCUT2D eigenvalue weighted by molar-refractivity contribution is 5.93. The molecule has 31 heavy (non-hydrogen) atoms. The Bertz CT molecular complexity index is 1130. The van der Waals surface area contributed by atoms with E-state index in [9.17, 15) is 0 Å². The summed E-state index contributed by atoms with van der Waals surface area (Å²) >= 11 is 0. The summed E-state index contributed by atoms with van der Waals surface area (Å²) in [5.74, 6) is 1.62. The number of aliphatic hydroxyl groups is 1. The van der Waals surface area contributed by atoms with Crippen LogP contribution in [0.4, 0.5) is 5.69 Å². The van der Waals surface area contributed by atoms with E-state index in [-0.39, 0.29) is 6.61 Å². The van der Waals surface area contributed by atoms with Crippen LogP contribution in [0.5, 0.6) is 5.75 Å². The summed E-state index contributed by atoms with van der Waals surface area (Å²) in [5.41, 5.74) is 4.07. The summed E-state index contributed by atoms with van der Waals surface area (Å²) in [5, 5.41) is 15.4. The molecule has 2 N–H and O–H groups in total. The van der Waals surface area contributed by atoms with Crippen LogP contribution >= 0.6 is 0 Å². The average molecular weight is 416 g/mol. The van der Waals surface area contributed by atoms with Crippen molar-refractivity contribution < 1.29 is 9.84 Å². The van der Waals surface area contributed by atoms with Crippen molar-refractivity contribution in [3.8, 4) is 5.75 Å². The number of pyridine rings is 1. The number of rotatable bonds is 7. The molecule has 5 unspecified atom stereocenters.